The summed E-state index contributed by atoms with van der Waals surface area (Å²) in [5, 5.41) is 10.3. The number of ether oxygens (including phenoxy) is 1. The third-order valence-corrected chi connectivity index (χ3v) is 11.1. The van der Waals surface area contributed by atoms with Crippen LogP contribution in [0.1, 0.15) is 87.4 Å². The van der Waals surface area contributed by atoms with E-state index < -0.39 is 18.2 Å². The van der Waals surface area contributed by atoms with Crippen molar-refractivity contribution in [1.82, 2.24) is 25.2 Å². The molecule has 1 N–H and O–H groups in total. The molecule has 2 aromatic rings. The fourth-order valence-corrected chi connectivity index (χ4v) is 8.27. The van der Waals surface area contributed by atoms with Gasteiger partial charge >= 0.3 is 0 Å². The van der Waals surface area contributed by atoms with Crippen molar-refractivity contribution in [3.8, 4) is 5.75 Å². The molecule has 2 aliphatic heterocycles. The van der Waals surface area contributed by atoms with Crippen molar-refractivity contribution in [2.45, 2.75) is 77.9 Å². The number of benzene rings is 1. The van der Waals surface area contributed by atoms with Gasteiger partial charge in [0.15, 0.2) is 5.69 Å². The number of H-pyrrole nitrogens is 1. The van der Waals surface area contributed by atoms with Crippen LogP contribution in [0.2, 0.25) is 5.02 Å². The Morgan fingerprint density at radius 2 is 2.07 bits per heavy atom. The van der Waals surface area contributed by atoms with Crippen molar-refractivity contribution in [2.75, 3.05) is 19.6 Å². The molecule has 220 valence electrons. The minimum atomic E-state index is -2.78. The molecular formula is C30H36ClF2N5O3. The van der Waals surface area contributed by atoms with E-state index in [0.29, 0.717) is 54.6 Å². The van der Waals surface area contributed by atoms with Crippen molar-refractivity contribution in [1.29, 1.82) is 0 Å². The molecule has 2 amide bonds. The van der Waals surface area contributed by atoms with Gasteiger partial charge in [0.05, 0.1) is 6.04 Å². The summed E-state index contributed by atoms with van der Waals surface area (Å²) in [7, 11) is 0. The number of amides is 2. The van der Waals surface area contributed by atoms with Crippen LogP contribution in [0.4, 0.5) is 8.78 Å². The van der Waals surface area contributed by atoms with E-state index in [1.165, 1.54) is 6.42 Å². The Kier molecular flexibility index (Phi) is 6.37. The number of likely N-dealkylation sites (tertiary alicyclic amines) is 1. The van der Waals surface area contributed by atoms with Crippen molar-refractivity contribution in [3.63, 3.8) is 0 Å². The van der Waals surface area contributed by atoms with E-state index in [4.69, 9.17) is 16.3 Å². The van der Waals surface area contributed by atoms with Gasteiger partial charge in [-0.25, -0.2) is 8.78 Å². The number of rotatable bonds is 7. The lowest BCUT2D eigenvalue weighted by Gasteiger charge is -2.43. The third-order valence-electron chi connectivity index (χ3n) is 10.7. The van der Waals surface area contributed by atoms with Crippen LogP contribution in [0, 0.1) is 28.6 Å². The Morgan fingerprint density at radius 1 is 1.27 bits per heavy atom. The van der Waals surface area contributed by atoms with E-state index in [0.717, 1.165) is 36.8 Å². The van der Waals surface area contributed by atoms with E-state index in [-0.39, 0.29) is 41.4 Å². The summed E-state index contributed by atoms with van der Waals surface area (Å²) >= 11 is 6.72. The average Bonchev–Trinajstić information content (AvgIpc) is 3.71. The Hall–Kier alpha value is -2.75. The number of alkyl halides is 2. The summed E-state index contributed by atoms with van der Waals surface area (Å²) in [5.74, 6) is 1.54. The minimum absolute atomic E-state index is 0.0258. The largest absolute Gasteiger partial charge is 0.487 e. The van der Waals surface area contributed by atoms with E-state index in [1.54, 1.807) is 12.1 Å². The molecule has 0 radical (unpaired) electrons. The van der Waals surface area contributed by atoms with Gasteiger partial charge in [-0.1, -0.05) is 25.4 Å². The van der Waals surface area contributed by atoms with E-state index in [9.17, 15) is 18.4 Å². The van der Waals surface area contributed by atoms with Crippen molar-refractivity contribution in [2.24, 2.45) is 28.6 Å². The Morgan fingerprint density at radius 3 is 2.80 bits per heavy atom. The normalized spacial score (nSPS) is 31.4. The number of hydrogen-bond acceptors (Lipinski definition) is 5. The number of carbonyl (C=O) groups is 2. The van der Waals surface area contributed by atoms with Gasteiger partial charge in [0.25, 0.3) is 6.43 Å². The number of nitrogens with zero attached hydrogens (tertiary/aromatic N) is 4. The molecule has 41 heavy (non-hydrogen) atoms. The maximum atomic E-state index is 14.4. The van der Waals surface area contributed by atoms with Crippen LogP contribution in [0.25, 0.3) is 0 Å². The lowest BCUT2D eigenvalue weighted by molar-refractivity contribution is -0.143. The number of carbonyl (C=O) groups excluding carboxylic acids is 2. The van der Waals surface area contributed by atoms with Crippen LogP contribution in [0.3, 0.4) is 0 Å². The third kappa shape index (κ3) is 4.70. The summed E-state index contributed by atoms with van der Waals surface area (Å²) in [6.45, 7) is 5.90. The smallest absolute Gasteiger partial charge is 0.284 e. The summed E-state index contributed by atoms with van der Waals surface area (Å²) in [4.78, 5) is 31.4. The molecule has 5 aliphatic rings. The molecule has 11 heteroatoms. The monoisotopic (exact) mass is 587 g/mol. The summed E-state index contributed by atoms with van der Waals surface area (Å²) in [6.07, 6.45) is 3.59. The first kappa shape index (κ1) is 27.1. The zero-order valence-electron chi connectivity index (χ0n) is 23.5. The average molecular weight is 588 g/mol. The van der Waals surface area contributed by atoms with Gasteiger partial charge in [-0.2, -0.15) is 15.4 Å². The number of nitrogens with one attached hydrogen (secondary N) is 1. The van der Waals surface area contributed by atoms with Gasteiger partial charge in [0.1, 0.15) is 18.1 Å². The number of halogens is 3. The molecule has 3 saturated carbocycles. The molecule has 8 nitrogen and oxygen atoms in total. The van der Waals surface area contributed by atoms with Gasteiger partial charge < -0.3 is 14.5 Å². The molecule has 0 bridgehead atoms. The number of hydrogen-bond donors (Lipinski definition) is 1. The first-order chi connectivity index (χ1) is 19.6. The Balaban J connectivity index is 1.23. The zero-order chi connectivity index (χ0) is 28.7. The summed E-state index contributed by atoms with van der Waals surface area (Å²) < 4.78 is 33.0. The van der Waals surface area contributed by atoms with Crippen molar-refractivity contribution >= 4 is 23.4 Å². The molecule has 1 spiro atoms. The molecule has 4 fully saturated rings. The Labute approximate surface area is 243 Å². The van der Waals surface area contributed by atoms with Crippen molar-refractivity contribution < 1.29 is 23.1 Å². The van der Waals surface area contributed by atoms with Crippen LogP contribution in [0.5, 0.6) is 5.75 Å². The number of aromatic nitrogens is 3. The maximum absolute atomic E-state index is 14.4. The van der Waals surface area contributed by atoms with E-state index in [2.05, 4.69) is 29.3 Å². The molecular weight excluding hydrogens is 552 g/mol. The highest BCUT2D eigenvalue weighted by Crippen LogP contribution is 2.64. The quantitative estimate of drug-likeness (QED) is 0.463. The standard InChI is InChI=1S/C30H36ClF2N5O3/c1-16-10-29(2)11-17(29)9-19(16)28(40)38-8-5-18-20(31)3-4-23(41-14-21-26(27(32)33)35-36-34-21)25(18)22(38)13-37-15-30(6-7-30)12-24(37)39/h3-4,16-17,19,22,27H,5-15H2,1-2H3,(H,34,35,36)/t16-,17+,19+,22+,29+/m0/s1. The molecule has 0 unspecified atom stereocenters. The highest BCUT2D eigenvalue weighted by Gasteiger charge is 2.57. The van der Waals surface area contributed by atoms with Gasteiger partial charge in [0, 0.05) is 42.6 Å². The molecule has 7 rings (SSSR count). The van der Waals surface area contributed by atoms with Crippen LogP contribution in [-0.2, 0) is 22.6 Å². The number of aromatic amines is 1. The van der Waals surface area contributed by atoms with Crippen LogP contribution in [0.15, 0.2) is 12.1 Å². The SMILES string of the molecule is C[C@H]1C[C@]2(C)C[C@H]2C[C@H]1C(=O)N1CCc2c(Cl)ccc(OCc3n[nH]nc3C(F)F)c2[C@H]1CN1CC2(CC2)CC1=O. The predicted molar refractivity (Wildman–Crippen MR) is 146 cm³/mol. The van der Waals surface area contributed by atoms with Gasteiger partial charge in [-0.3, -0.25) is 9.59 Å². The molecule has 3 heterocycles. The maximum Gasteiger partial charge on any atom is 0.284 e. The fourth-order valence-electron chi connectivity index (χ4n) is 8.01. The van der Waals surface area contributed by atoms with E-state index in [1.807, 2.05) is 9.80 Å². The number of fused-ring (bicyclic) bond motifs is 2. The lowest BCUT2D eigenvalue weighted by atomic mass is 9.74. The van der Waals surface area contributed by atoms with Gasteiger partial charge in [-0.15, -0.1) is 0 Å². The van der Waals surface area contributed by atoms with Gasteiger partial charge in [0.2, 0.25) is 11.8 Å². The summed E-state index contributed by atoms with van der Waals surface area (Å²) in [6, 6.07) is 3.04. The second-order valence-electron chi connectivity index (χ2n) is 13.5. The molecule has 1 saturated heterocycles. The highest BCUT2D eigenvalue weighted by molar-refractivity contribution is 6.31. The Bertz CT molecular complexity index is 1400. The molecule has 3 aliphatic carbocycles. The van der Waals surface area contributed by atoms with Crippen LogP contribution >= 0.6 is 11.6 Å². The second kappa shape index (κ2) is 9.64. The minimum Gasteiger partial charge on any atom is -0.487 e. The van der Waals surface area contributed by atoms with Crippen LogP contribution < -0.4 is 4.74 Å². The van der Waals surface area contributed by atoms with E-state index >= 15 is 0 Å². The molecule has 1 aromatic heterocycles. The first-order valence-electron chi connectivity index (χ1n) is 14.8. The predicted octanol–water partition coefficient (Wildman–Crippen LogP) is 5.49. The first-order valence-corrected chi connectivity index (χ1v) is 15.2. The second-order valence-corrected chi connectivity index (χ2v) is 13.9. The van der Waals surface area contributed by atoms with Crippen molar-refractivity contribution in [3.05, 3.63) is 39.7 Å². The highest BCUT2D eigenvalue weighted by atomic mass is 35.5. The topological polar surface area (TPSA) is 91.4 Å². The zero-order valence-corrected chi connectivity index (χ0v) is 24.2. The summed E-state index contributed by atoms with van der Waals surface area (Å²) in [5.41, 5.74) is 1.69. The van der Waals surface area contributed by atoms with Gasteiger partial charge in [-0.05, 0) is 78.9 Å². The van der Waals surface area contributed by atoms with Crippen LogP contribution in [-0.4, -0.2) is 56.7 Å². The molecule has 5 atom stereocenters. The lowest BCUT2D eigenvalue weighted by Crippen LogP contribution is -2.49. The molecule has 1 aromatic carbocycles. The fraction of sp³-hybridized carbons (Fsp3) is 0.667.